The fraction of sp³-hybridized carbons (Fsp3) is 0.739. The van der Waals surface area contributed by atoms with Gasteiger partial charge in [-0.3, -0.25) is 18.6 Å². The second-order valence-corrected chi connectivity index (χ2v) is 16.5. The molecule has 1 saturated heterocycles. The quantitative estimate of drug-likeness (QED) is 0.0177. The minimum absolute atomic E-state index is 0.0556. The molecule has 0 bridgehead atoms. The van der Waals surface area contributed by atoms with E-state index >= 15 is 0 Å². The number of epoxide rings is 1. The molecule has 0 aromatic rings. The fourth-order valence-electron chi connectivity index (χ4n) is 6.09. The Morgan fingerprint density at radius 3 is 1.60 bits per heavy atom. The van der Waals surface area contributed by atoms with Gasteiger partial charge in [-0.1, -0.05) is 164 Å². The van der Waals surface area contributed by atoms with Crippen LogP contribution in [-0.2, 0) is 37.4 Å². The first-order valence-corrected chi connectivity index (χ1v) is 23.9. The number of aliphatic hydroxyl groups excluding tert-OH is 2. The standard InChI is InChI=1S/C46H79O11P/c1-3-5-6-7-8-9-10-11-13-17-20-23-26-29-32-35-45(49)53-39-42(40-55-58(51,52)54-38-41(48)37-47)56-46(50)36-33-30-27-24-21-18-15-12-14-16-19-22-25-28-31-34-44-43(4-2)57-44/h12,14,18-19,21-22,27-28,30-31,41-44,47-48H,3-11,13,15-17,20,23-26,29,32-40H2,1-2H3,(H,51,52)/b14-12+,21-18+,22-19+,30-27+,31-28+. The zero-order valence-corrected chi connectivity index (χ0v) is 36.8. The van der Waals surface area contributed by atoms with Crippen LogP contribution in [0.4, 0.5) is 0 Å². The maximum absolute atomic E-state index is 12.6. The Morgan fingerprint density at radius 2 is 1.10 bits per heavy atom. The van der Waals surface area contributed by atoms with Gasteiger partial charge in [0.1, 0.15) is 12.7 Å². The Balaban J connectivity index is 2.28. The number of carbonyl (C=O) groups excluding carboxylic acids is 2. The Morgan fingerprint density at radius 1 is 0.621 bits per heavy atom. The van der Waals surface area contributed by atoms with Crippen molar-refractivity contribution in [3.8, 4) is 0 Å². The van der Waals surface area contributed by atoms with Crippen molar-refractivity contribution in [2.75, 3.05) is 26.4 Å². The molecule has 0 aromatic carbocycles. The van der Waals surface area contributed by atoms with Gasteiger partial charge in [0.15, 0.2) is 6.10 Å². The van der Waals surface area contributed by atoms with Crippen LogP contribution < -0.4 is 0 Å². The summed E-state index contributed by atoms with van der Waals surface area (Å²) in [6.07, 6.45) is 43.9. The predicted octanol–water partition coefficient (Wildman–Crippen LogP) is 10.9. The highest BCUT2D eigenvalue weighted by Gasteiger charge is 2.35. The molecular formula is C46H79O11P. The second kappa shape index (κ2) is 37.6. The highest BCUT2D eigenvalue weighted by Crippen LogP contribution is 2.43. The van der Waals surface area contributed by atoms with Crippen molar-refractivity contribution >= 4 is 19.8 Å². The molecule has 1 heterocycles. The summed E-state index contributed by atoms with van der Waals surface area (Å²) in [4.78, 5) is 35.0. The molecule has 5 atom stereocenters. The number of ether oxygens (including phenoxy) is 3. The highest BCUT2D eigenvalue weighted by atomic mass is 31.2. The molecule has 0 saturated carbocycles. The van der Waals surface area contributed by atoms with Crippen LogP contribution in [0.5, 0.6) is 0 Å². The molecule has 1 fully saturated rings. The van der Waals surface area contributed by atoms with Crippen molar-refractivity contribution in [1.29, 1.82) is 0 Å². The van der Waals surface area contributed by atoms with Crippen molar-refractivity contribution < 1.29 is 52.5 Å². The van der Waals surface area contributed by atoms with Gasteiger partial charge in [0.25, 0.3) is 0 Å². The first kappa shape index (κ1) is 53.6. The van der Waals surface area contributed by atoms with Crippen LogP contribution >= 0.6 is 7.82 Å². The Kier molecular flexibility index (Phi) is 34.8. The molecule has 0 aromatic heterocycles. The maximum Gasteiger partial charge on any atom is 0.472 e. The third-order valence-corrected chi connectivity index (χ3v) is 10.6. The van der Waals surface area contributed by atoms with Crippen LogP contribution in [0.25, 0.3) is 0 Å². The molecule has 12 heteroatoms. The number of hydrogen-bond donors (Lipinski definition) is 3. The molecule has 11 nitrogen and oxygen atoms in total. The van der Waals surface area contributed by atoms with E-state index in [1.807, 2.05) is 12.2 Å². The van der Waals surface area contributed by atoms with Gasteiger partial charge in [0.2, 0.25) is 0 Å². The van der Waals surface area contributed by atoms with E-state index in [4.69, 9.17) is 23.8 Å². The van der Waals surface area contributed by atoms with Crippen molar-refractivity contribution in [3.05, 3.63) is 60.8 Å². The molecule has 0 amide bonds. The monoisotopic (exact) mass is 839 g/mol. The molecule has 0 spiro atoms. The van der Waals surface area contributed by atoms with E-state index in [2.05, 4.69) is 67.0 Å². The predicted molar refractivity (Wildman–Crippen MR) is 232 cm³/mol. The number of unbranched alkanes of at least 4 members (excludes halogenated alkanes) is 14. The SMILES string of the molecule is CCCCCCCCCCCCCCCCCC(=O)OCC(COP(=O)(O)OCC(O)CO)OC(=O)CC/C=C/C/C=C/C/C=C/C/C=C/C/C=C/CC1OC1CC. The molecule has 5 unspecified atom stereocenters. The number of aliphatic hydroxyl groups is 2. The zero-order valence-electron chi connectivity index (χ0n) is 35.9. The largest absolute Gasteiger partial charge is 0.472 e. The Hall–Kier alpha value is -2.37. The maximum atomic E-state index is 12.6. The molecule has 1 aliphatic heterocycles. The molecule has 0 aliphatic carbocycles. The lowest BCUT2D eigenvalue weighted by Gasteiger charge is -2.20. The minimum atomic E-state index is -4.64. The molecule has 1 aliphatic rings. The van der Waals surface area contributed by atoms with E-state index in [0.717, 1.165) is 57.8 Å². The van der Waals surface area contributed by atoms with Crippen LogP contribution in [0.3, 0.4) is 0 Å². The third kappa shape index (κ3) is 34.5. The van der Waals surface area contributed by atoms with Crippen molar-refractivity contribution in [2.24, 2.45) is 0 Å². The molecule has 334 valence electrons. The van der Waals surface area contributed by atoms with Gasteiger partial charge in [0.05, 0.1) is 32.0 Å². The summed E-state index contributed by atoms with van der Waals surface area (Å²) in [5.41, 5.74) is 0. The number of phosphoric ester groups is 1. The molecular weight excluding hydrogens is 759 g/mol. The first-order valence-electron chi connectivity index (χ1n) is 22.4. The summed E-state index contributed by atoms with van der Waals surface area (Å²) >= 11 is 0. The summed E-state index contributed by atoms with van der Waals surface area (Å²) in [6.45, 7) is 2.20. The number of esters is 2. The lowest BCUT2D eigenvalue weighted by Crippen LogP contribution is -2.29. The van der Waals surface area contributed by atoms with Gasteiger partial charge in [-0.05, 0) is 51.4 Å². The van der Waals surface area contributed by atoms with Crippen LogP contribution in [0.15, 0.2) is 60.8 Å². The van der Waals surface area contributed by atoms with E-state index < -0.39 is 51.8 Å². The fourth-order valence-corrected chi connectivity index (χ4v) is 6.88. The van der Waals surface area contributed by atoms with Crippen LogP contribution in [0.1, 0.15) is 168 Å². The number of rotatable bonds is 40. The van der Waals surface area contributed by atoms with E-state index in [0.29, 0.717) is 25.0 Å². The van der Waals surface area contributed by atoms with Crippen LogP contribution in [0, 0.1) is 0 Å². The van der Waals surface area contributed by atoms with Gasteiger partial charge >= 0.3 is 19.8 Å². The number of hydrogen-bond acceptors (Lipinski definition) is 10. The normalized spacial score (nSPS) is 17.9. The first-order chi connectivity index (χ1) is 28.2. The smallest absolute Gasteiger partial charge is 0.462 e. The van der Waals surface area contributed by atoms with Crippen molar-refractivity contribution in [3.63, 3.8) is 0 Å². The summed E-state index contributed by atoms with van der Waals surface area (Å²) < 4.78 is 38.2. The minimum Gasteiger partial charge on any atom is -0.462 e. The topological polar surface area (TPSA) is 161 Å². The van der Waals surface area contributed by atoms with Crippen LogP contribution in [-0.4, -0.2) is 77.9 Å². The van der Waals surface area contributed by atoms with Gasteiger partial charge in [-0.15, -0.1) is 0 Å². The summed E-state index contributed by atoms with van der Waals surface area (Å²) in [5.74, 6) is -1.03. The van der Waals surface area contributed by atoms with Crippen molar-refractivity contribution in [1.82, 2.24) is 0 Å². The van der Waals surface area contributed by atoms with E-state index in [-0.39, 0.29) is 19.4 Å². The Bertz CT molecular complexity index is 1210. The van der Waals surface area contributed by atoms with Gasteiger partial charge in [0, 0.05) is 12.8 Å². The lowest BCUT2D eigenvalue weighted by atomic mass is 10.0. The van der Waals surface area contributed by atoms with Crippen molar-refractivity contribution in [2.45, 2.75) is 192 Å². The molecule has 1 rings (SSSR count). The average Bonchev–Trinajstić information content (AvgIpc) is 3.99. The van der Waals surface area contributed by atoms with Gasteiger partial charge < -0.3 is 29.3 Å². The number of phosphoric acid groups is 1. The molecule has 0 radical (unpaired) electrons. The van der Waals surface area contributed by atoms with Crippen LogP contribution in [0.2, 0.25) is 0 Å². The van der Waals surface area contributed by atoms with Gasteiger partial charge in [-0.2, -0.15) is 0 Å². The number of allylic oxidation sites excluding steroid dienone is 9. The summed E-state index contributed by atoms with van der Waals surface area (Å²) in [5, 5.41) is 18.3. The summed E-state index contributed by atoms with van der Waals surface area (Å²) in [6, 6.07) is 0. The molecule has 58 heavy (non-hydrogen) atoms. The third-order valence-electron chi connectivity index (χ3n) is 9.67. The molecule has 3 N–H and O–H groups in total. The van der Waals surface area contributed by atoms with E-state index in [1.54, 1.807) is 0 Å². The highest BCUT2D eigenvalue weighted by molar-refractivity contribution is 7.47. The van der Waals surface area contributed by atoms with E-state index in [1.165, 1.54) is 70.6 Å². The summed E-state index contributed by atoms with van der Waals surface area (Å²) in [7, 11) is -4.64. The van der Waals surface area contributed by atoms with E-state index in [9.17, 15) is 24.2 Å². The zero-order chi connectivity index (χ0) is 42.4. The number of carbonyl (C=O) groups is 2. The second-order valence-electron chi connectivity index (χ2n) is 15.1. The Labute approximate surface area is 351 Å². The van der Waals surface area contributed by atoms with Gasteiger partial charge in [-0.25, -0.2) is 4.57 Å². The lowest BCUT2D eigenvalue weighted by molar-refractivity contribution is -0.161. The average molecular weight is 839 g/mol.